The third-order valence-corrected chi connectivity index (χ3v) is 5.07. The summed E-state index contributed by atoms with van der Waals surface area (Å²) in [7, 11) is 0. The summed E-state index contributed by atoms with van der Waals surface area (Å²) in [5, 5.41) is 1.90. The van der Waals surface area contributed by atoms with Crippen LogP contribution in [0.4, 0.5) is 13.2 Å². The summed E-state index contributed by atoms with van der Waals surface area (Å²) in [5.41, 5.74) is -2.07. The number of amidine groups is 1. The Morgan fingerprint density at radius 3 is 2.26 bits per heavy atom. The standard InChI is InChI=1S/C23H24F3N3O2/c1-2-3-14-19(30)27-22(23(24,25)26)21(31)29(16-15-17-10-6-4-7-11-17)20(28-22)18-12-8-5-9-13-18/h4-13H,2-3,14-16H2,1H3,(H,27,30). The van der Waals surface area contributed by atoms with Gasteiger partial charge in [-0.2, -0.15) is 13.2 Å². The number of carbonyl (C=O) groups excluding carboxylic acids is 2. The SMILES string of the molecule is CCCCC(=O)NC1(C(F)(F)F)N=C(c2ccccc2)N(CCc2ccccc2)C1=O. The molecule has 1 aliphatic heterocycles. The first-order valence-corrected chi connectivity index (χ1v) is 10.2. The summed E-state index contributed by atoms with van der Waals surface area (Å²) in [6.45, 7) is 1.82. The number of hydrogen-bond donors (Lipinski definition) is 1. The molecule has 3 rings (SSSR count). The van der Waals surface area contributed by atoms with Crippen LogP contribution in [0.25, 0.3) is 0 Å². The van der Waals surface area contributed by atoms with Gasteiger partial charge in [0.25, 0.3) is 5.91 Å². The van der Waals surface area contributed by atoms with Crippen LogP contribution >= 0.6 is 0 Å². The van der Waals surface area contributed by atoms with Gasteiger partial charge < -0.3 is 5.32 Å². The molecule has 2 aromatic rings. The third kappa shape index (κ3) is 4.78. The minimum Gasteiger partial charge on any atom is -0.316 e. The lowest BCUT2D eigenvalue weighted by molar-refractivity contribution is -0.200. The fourth-order valence-electron chi connectivity index (χ4n) is 3.40. The average molecular weight is 431 g/mol. The predicted molar refractivity (Wildman–Crippen MR) is 111 cm³/mol. The van der Waals surface area contributed by atoms with Crippen LogP contribution in [0.15, 0.2) is 65.7 Å². The molecule has 1 aliphatic rings. The van der Waals surface area contributed by atoms with Crippen molar-refractivity contribution < 1.29 is 22.8 Å². The number of nitrogens with zero attached hydrogens (tertiary/aromatic N) is 2. The molecule has 0 saturated carbocycles. The Labute approximate surface area is 179 Å². The van der Waals surface area contributed by atoms with Crippen molar-refractivity contribution in [1.82, 2.24) is 10.2 Å². The number of alkyl halides is 3. The van der Waals surface area contributed by atoms with E-state index < -0.39 is 23.7 Å². The van der Waals surface area contributed by atoms with E-state index in [-0.39, 0.29) is 18.8 Å². The molecule has 164 valence electrons. The summed E-state index contributed by atoms with van der Waals surface area (Å²) >= 11 is 0. The second-order valence-electron chi connectivity index (χ2n) is 7.35. The maximum absolute atomic E-state index is 14.2. The molecule has 1 atom stereocenters. The maximum Gasteiger partial charge on any atom is 0.442 e. The van der Waals surface area contributed by atoms with E-state index in [4.69, 9.17) is 0 Å². The van der Waals surface area contributed by atoms with E-state index in [0.717, 1.165) is 10.5 Å². The van der Waals surface area contributed by atoms with Crippen molar-refractivity contribution in [3.63, 3.8) is 0 Å². The van der Waals surface area contributed by atoms with Crippen molar-refractivity contribution >= 4 is 17.6 Å². The smallest absolute Gasteiger partial charge is 0.316 e. The highest BCUT2D eigenvalue weighted by Gasteiger charge is 2.67. The number of unbranched alkanes of at least 4 members (excludes halogenated alkanes) is 1. The number of amides is 2. The number of rotatable bonds is 8. The summed E-state index contributed by atoms with van der Waals surface area (Å²) < 4.78 is 42.6. The van der Waals surface area contributed by atoms with Crippen LogP contribution in [-0.4, -0.2) is 40.9 Å². The Hall–Kier alpha value is -3.16. The van der Waals surface area contributed by atoms with Gasteiger partial charge in [0, 0.05) is 18.5 Å². The van der Waals surface area contributed by atoms with E-state index in [1.807, 2.05) is 42.6 Å². The van der Waals surface area contributed by atoms with Gasteiger partial charge in [-0.05, 0) is 18.4 Å². The lowest BCUT2D eigenvalue weighted by atomic mass is 10.1. The van der Waals surface area contributed by atoms with Crippen molar-refractivity contribution in [2.75, 3.05) is 6.54 Å². The van der Waals surface area contributed by atoms with Gasteiger partial charge in [0.1, 0.15) is 5.84 Å². The van der Waals surface area contributed by atoms with E-state index in [0.29, 0.717) is 24.8 Å². The number of nitrogens with one attached hydrogen (secondary N) is 1. The molecule has 0 spiro atoms. The highest BCUT2D eigenvalue weighted by Crippen LogP contribution is 2.38. The Morgan fingerprint density at radius 1 is 1.06 bits per heavy atom. The van der Waals surface area contributed by atoms with Crippen molar-refractivity contribution in [3.05, 3.63) is 71.8 Å². The second-order valence-corrected chi connectivity index (χ2v) is 7.35. The van der Waals surface area contributed by atoms with Crippen molar-refractivity contribution in [1.29, 1.82) is 0 Å². The molecule has 0 radical (unpaired) electrons. The van der Waals surface area contributed by atoms with E-state index in [1.165, 1.54) is 0 Å². The van der Waals surface area contributed by atoms with Crippen molar-refractivity contribution in [2.45, 2.75) is 44.4 Å². The summed E-state index contributed by atoms with van der Waals surface area (Å²) in [4.78, 5) is 30.2. The highest BCUT2D eigenvalue weighted by molar-refractivity contribution is 6.16. The Morgan fingerprint density at radius 2 is 1.68 bits per heavy atom. The third-order valence-electron chi connectivity index (χ3n) is 5.07. The minimum absolute atomic E-state index is 0.000759. The van der Waals surface area contributed by atoms with Crippen LogP contribution in [0, 0.1) is 0 Å². The molecule has 5 nitrogen and oxygen atoms in total. The van der Waals surface area contributed by atoms with Gasteiger partial charge in [-0.15, -0.1) is 0 Å². The Bertz CT molecular complexity index is 946. The summed E-state index contributed by atoms with van der Waals surface area (Å²) in [6.07, 6.45) is -3.80. The molecule has 0 saturated heterocycles. The minimum atomic E-state index is -5.09. The van der Waals surface area contributed by atoms with Crippen molar-refractivity contribution in [2.24, 2.45) is 4.99 Å². The monoisotopic (exact) mass is 431 g/mol. The topological polar surface area (TPSA) is 61.8 Å². The molecule has 1 N–H and O–H groups in total. The van der Waals surface area contributed by atoms with Gasteiger partial charge in [0.2, 0.25) is 5.91 Å². The average Bonchev–Trinajstić information content (AvgIpc) is 3.04. The first kappa shape index (κ1) is 22.5. The molecule has 1 heterocycles. The van der Waals surface area contributed by atoms with E-state index >= 15 is 0 Å². The van der Waals surface area contributed by atoms with Gasteiger partial charge >= 0.3 is 11.8 Å². The molecule has 0 aliphatic carbocycles. The Kier molecular flexibility index (Phi) is 6.77. The normalized spacial score (nSPS) is 18.8. The van der Waals surface area contributed by atoms with Crippen molar-refractivity contribution in [3.8, 4) is 0 Å². The van der Waals surface area contributed by atoms with Crippen LogP contribution in [0.1, 0.15) is 37.3 Å². The lowest BCUT2D eigenvalue weighted by Crippen LogP contribution is -2.63. The fourth-order valence-corrected chi connectivity index (χ4v) is 3.40. The van der Waals surface area contributed by atoms with E-state index in [2.05, 4.69) is 4.99 Å². The molecule has 8 heteroatoms. The highest BCUT2D eigenvalue weighted by atomic mass is 19.4. The molecular formula is C23H24F3N3O2. The molecule has 2 amide bonds. The van der Waals surface area contributed by atoms with Gasteiger partial charge in [-0.1, -0.05) is 74.0 Å². The van der Waals surface area contributed by atoms with Gasteiger partial charge in [0.15, 0.2) is 0 Å². The quantitative estimate of drug-likeness (QED) is 0.685. The molecule has 0 bridgehead atoms. The van der Waals surface area contributed by atoms with Gasteiger partial charge in [0.05, 0.1) is 0 Å². The zero-order valence-electron chi connectivity index (χ0n) is 17.2. The first-order valence-electron chi connectivity index (χ1n) is 10.2. The summed E-state index contributed by atoms with van der Waals surface area (Å²) in [6, 6.07) is 17.4. The summed E-state index contributed by atoms with van der Waals surface area (Å²) in [5.74, 6) is -2.25. The van der Waals surface area contributed by atoms with Crippen LogP contribution in [0.2, 0.25) is 0 Å². The number of hydrogen-bond acceptors (Lipinski definition) is 3. The molecule has 0 fully saturated rings. The van der Waals surface area contributed by atoms with E-state index in [1.54, 1.807) is 30.3 Å². The van der Waals surface area contributed by atoms with Crippen LogP contribution in [-0.2, 0) is 16.0 Å². The second kappa shape index (κ2) is 9.32. The number of carbonyl (C=O) groups is 2. The van der Waals surface area contributed by atoms with Gasteiger partial charge in [-0.3, -0.25) is 14.5 Å². The maximum atomic E-state index is 14.2. The first-order chi connectivity index (χ1) is 14.8. The Balaban J connectivity index is 1.99. The van der Waals surface area contributed by atoms with Crippen LogP contribution in [0.3, 0.4) is 0 Å². The van der Waals surface area contributed by atoms with Crippen LogP contribution in [0.5, 0.6) is 0 Å². The molecule has 1 unspecified atom stereocenters. The molecule has 2 aromatic carbocycles. The molecule has 0 aromatic heterocycles. The predicted octanol–water partition coefficient (Wildman–Crippen LogP) is 4.08. The number of benzene rings is 2. The molecule has 31 heavy (non-hydrogen) atoms. The zero-order chi connectivity index (χ0) is 22.5. The number of halogens is 3. The molecular weight excluding hydrogens is 407 g/mol. The lowest BCUT2D eigenvalue weighted by Gasteiger charge is -2.29. The largest absolute Gasteiger partial charge is 0.442 e. The van der Waals surface area contributed by atoms with E-state index in [9.17, 15) is 22.8 Å². The fraction of sp³-hybridized carbons (Fsp3) is 0.348. The van der Waals surface area contributed by atoms with Gasteiger partial charge in [-0.25, -0.2) is 4.99 Å². The zero-order valence-corrected chi connectivity index (χ0v) is 17.2. The van der Waals surface area contributed by atoms with Crippen LogP contribution < -0.4 is 5.32 Å². The number of aliphatic imine (C=N–C) groups is 1.